The standard InChI is InChI=1S/C13H25NO3/c1-4-5-6-17-13(16)9-11(7-10(2)3)8-12(14)15/h10-11H,4-9H2,1-3H3,(H2,14,15)/t11-/m0/s1. The lowest BCUT2D eigenvalue weighted by Gasteiger charge is -2.16. The molecule has 1 amide bonds. The molecule has 0 aliphatic heterocycles. The maximum atomic E-state index is 11.5. The van der Waals surface area contributed by atoms with Crippen molar-refractivity contribution in [3.8, 4) is 0 Å². The third-order valence-corrected chi connectivity index (χ3v) is 2.51. The van der Waals surface area contributed by atoms with Gasteiger partial charge in [-0.25, -0.2) is 0 Å². The highest BCUT2D eigenvalue weighted by molar-refractivity contribution is 5.75. The summed E-state index contributed by atoms with van der Waals surface area (Å²) in [7, 11) is 0. The van der Waals surface area contributed by atoms with E-state index in [-0.39, 0.29) is 24.2 Å². The van der Waals surface area contributed by atoms with Crippen molar-refractivity contribution in [1.82, 2.24) is 0 Å². The summed E-state index contributed by atoms with van der Waals surface area (Å²) in [5.41, 5.74) is 5.18. The highest BCUT2D eigenvalue weighted by atomic mass is 16.5. The molecule has 17 heavy (non-hydrogen) atoms. The van der Waals surface area contributed by atoms with Crippen LogP contribution in [0.15, 0.2) is 0 Å². The summed E-state index contributed by atoms with van der Waals surface area (Å²) in [5.74, 6) is -0.105. The zero-order chi connectivity index (χ0) is 13.3. The van der Waals surface area contributed by atoms with Gasteiger partial charge in [0.05, 0.1) is 6.61 Å². The molecule has 0 aliphatic rings. The van der Waals surface area contributed by atoms with E-state index in [2.05, 4.69) is 13.8 Å². The first kappa shape index (κ1) is 15.9. The Morgan fingerprint density at radius 3 is 2.35 bits per heavy atom. The SMILES string of the molecule is CCCCOC(=O)C[C@H](CC(N)=O)CC(C)C. The van der Waals surface area contributed by atoms with E-state index in [0.29, 0.717) is 18.9 Å². The molecule has 0 aliphatic carbocycles. The number of unbranched alkanes of at least 4 members (excludes halogenated alkanes) is 1. The van der Waals surface area contributed by atoms with Gasteiger partial charge in [-0.3, -0.25) is 9.59 Å². The lowest BCUT2D eigenvalue weighted by Crippen LogP contribution is -2.21. The molecule has 0 heterocycles. The number of hydrogen-bond donors (Lipinski definition) is 1. The van der Waals surface area contributed by atoms with E-state index in [1.807, 2.05) is 6.92 Å². The van der Waals surface area contributed by atoms with E-state index in [1.165, 1.54) is 0 Å². The highest BCUT2D eigenvalue weighted by Gasteiger charge is 2.18. The summed E-state index contributed by atoms with van der Waals surface area (Å²) in [6.45, 7) is 6.65. The molecule has 100 valence electrons. The third-order valence-electron chi connectivity index (χ3n) is 2.51. The average molecular weight is 243 g/mol. The fraction of sp³-hybridized carbons (Fsp3) is 0.846. The van der Waals surface area contributed by atoms with Crippen molar-refractivity contribution >= 4 is 11.9 Å². The van der Waals surface area contributed by atoms with Crippen molar-refractivity contribution in [2.75, 3.05) is 6.61 Å². The molecular formula is C13H25NO3. The zero-order valence-electron chi connectivity index (χ0n) is 11.2. The Hall–Kier alpha value is -1.06. The molecule has 0 saturated heterocycles. The minimum absolute atomic E-state index is 0.0154. The normalized spacial score (nSPS) is 12.5. The van der Waals surface area contributed by atoms with Crippen molar-refractivity contribution in [3.63, 3.8) is 0 Å². The minimum atomic E-state index is -0.350. The molecule has 1 atom stereocenters. The number of esters is 1. The van der Waals surface area contributed by atoms with Gasteiger partial charge in [0.2, 0.25) is 5.91 Å². The van der Waals surface area contributed by atoms with E-state index in [9.17, 15) is 9.59 Å². The Kier molecular flexibility index (Phi) is 8.46. The van der Waals surface area contributed by atoms with E-state index >= 15 is 0 Å². The van der Waals surface area contributed by atoms with Crippen LogP contribution in [0.1, 0.15) is 52.9 Å². The van der Waals surface area contributed by atoms with E-state index in [1.54, 1.807) is 0 Å². The van der Waals surface area contributed by atoms with Crippen LogP contribution in [-0.2, 0) is 14.3 Å². The summed E-state index contributed by atoms with van der Waals surface area (Å²) >= 11 is 0. The first-order valence-electron chi connectivity index (χ1n) is 6.39. The predicted molar refractivity (Wildman–Crippen MR) is 67.2 cm³/mol. The van der Waals surface area contributed by atoms with Crippen LogP contribution < -0.4 is 5.73 Å². The Morgan fingerprint density at radius 2 is 1.88 bits per heavy atom. The quantitative estimate of drug-likeness (QED) is 0.499. The Balaban J connectivity index is 4.03. The van der Waals surface area contributed by atoms with E-state index in [0.717, 1.165) is 19.3 Å². The summed E-state index contributed by atoms with van der Waals surface area (Å²) in [6.07, 6.45) is 3.28. The van der Waals surface area contributed by atoms with Crippen LogP contribution in [-0.4, -0.2) is 18.5 Å². The van der Waals surface area contributed by atoms with Crippen molar-refractivity contribution in [3.05, 3.63) is 0 Å². The molecular weight excluding hydrogens is 218 g/mol. The molecule has 0 bridgehead atoms. The Bertz CT molecular complexity index is 239. The molecule has 2 N–H and O–H groups in total. The van der Waals surface area contributed by atoms with Crippen molar-refractivity contribution in [1.29, 1.82) is 0 Å². The van der Waals surface area contributed by atoms with Crippen molar-refractivity contribution < 1.29 is 14.3 Å². The molecule has 0 unspecified atom stereocenters. The van der Waals surface area contributed by atoms with Gasteiger partial charge in [-0.15, -0.1) is 0 Å². The number of hydrogen-bond acceptors (Lipinski definition) is 3. The maximum Gasteiger partial charge on any atom is 0.306 e. The van der Waals surface area contributed by atoms with Gasteiger partial charge >= 0.3 is 5.97 Å². The molecule has 0 rings (SSSR count). The van der Waals surface area contributed by atoms with Crippen LogP contribution >= 0.6 is 0 Å². The van der Waals surface area contributed by atoms with Gasteiger partial charge in [-0.2, -0.15) is 0 Å². The monoisotopic (exact) mass is 243 g/mol. The fourth-order valence-electron chi connectivity index (χ4n) is 1.81. The lowest BCUT2D eigenvalue weighted by molar-refractivity contribution is -0.145. The molecule has 4 nitrogen and oxygen atoms in total. The van der Waals surface area contributed by atoms with Crippen molar-refractivity contribution in [2.24, 2.45) is 17.6 Å². The second-order valence-corrected chi connectivity index (χ2v) is 4.94. The number of amides is 1. The molecule has 0 radical (unpaired) electrons. The fourth-order valence-corrected chi connectivity index (χ4v) is 1.81. The van der Waals surface area contributed by atoms with Crippen LogP contribution in [0.3, 0.4) is 0 Å². The van der Waals surface area contributed by atoms with E-state index < -0.39 is 0 Å². The highest BCUT2D eigenvalue weighted by Crippen LogP contribution is 2.19. The van der Waals surface area contributed by atoms with Gasteiger partial charge in [-0.05, 0) is 24.7 Å². The number of rotatable bonds is 9. The van der Waals surface area contributed by atoms with Crippen LogP contribution in [0, 0.1) is 11.8 Å². The van der Waals surface area contributed by atoms with Crippen LogP contribution in [0.2, 0.25) is 0 Å². The Morgan fingerprint density at radius 1 is 1.24 bits per heavy atom. The summed E-state index contributed by atoms with van der Waals surface area (Å²) in [4.78, 5) is 22.4. The molecule has 0 saturated carbocycles. The second kappa shape index (κ2) is 9.02. The molecule has 0 aromatic heterocycles. The summed E-state index contributed by atoms with van der Waals surface area (Å²) < 4.78 is 5.09. The number of carbonyl (C=O) groups is 2. The van der Waals surface area contributed by atoms with Gasteiger partial charge in [0, 0.05) is 12.8 Å². The number of primary amides is 1. The van der Waals surface area contributed by atoms with Gasteiger partial charge in [-0.1, -0.05) is 27.2 Å². The molecule has 4 heteroatoms. The van der Waals surface area contributed by atoms with Gasteiger partial charge in [0.1, 0.15) is 0 Å². The molecule has 0 aromatic rings. The van der Waals surface area contributed by atoms with Crippen LogP contribution in [0.25, 0.3) is 0 Å². The number of ether oxygens (including phenoxy) is 1. The topological polar surface area (TPSA) is 69.4 Å². The number of nitrogens with two attached hydrogens (primary N) is 1. The first-order valence-corrected chi connectivity index (χ1v) is 6.39. The van der Waals surface area contributed by atoms with E-state index in [4.69, 9.17) is 10.5 Å². The average Bonchev–Trinajstić information content (AvgIpc) is 2.15. The zero-order valence-corrected chi connectivity index (χ0v) is 11.2. The molecule has 0 aromatic carbocycles. The number of carbonyl (C=O) groups excluding carboxylic acids is 2. The predicted octanol–water partition coefficient (Wildman–Crippen LogP) is 2.26. The summed E-state index contributed by atoms with van der Waals surface area (Å²) in [5, 5.41) is 0. The Labute approximate surface area is 104 Å². The first-order chi connectivity index (χ1) is 7.95. The maximum absolute atomic E-state index is 11.5. The van der Waals surface area contributed by atoms with Gasteiger partial charge in [0.25, 0.3) is 0 Å². The smallest absolute Gasteiger partial charge is 0.306 e. The van der Waals surface area contributed by atoms with Gasteiger partial charge in [0.15, 0.2) is 0 Å². The largest absolute Gasteiger partial charge is 0.466 e. The van der Waals surface area contributed by atoms with Gasteiger partial charge < -0.3 is 10.5 Å². The lowest BCUT2D eigenvalue weighted by atomic mass is 9.91. The summed E-state index contributed by atoms with van der Waals surface area (Å²) in [6, 6.07) is 0. The van der Waals surface area contributed by atoms with Crippen molar-refractivity contribution in [2.45, 2.75) is 52.9 Å². The minimum Gasteiger partial charge on any atom is -0.466 e. The van der Waals surface area contributed by atoms with Crippen LogP contribution in [0.4, 0.5) is 0 Å². The molecule has 0 spiro atoms. The molecule has 0 fully saturated rings. The van der Waals surface area contributed by atoms with Crippen LogP contribution in [0.5, 0.6) is 0 Å². The third kappa shape index (κ3) is 9.85. The second-order valence-electron chi connectivity index (χ2n) is 4.94.